The molecular formula is C18H17N3. The van der Waals surface area contributed by atoms with Crippen LogP contribution in [0, 0.1) is 0 Å². The predicted octanol–water partition coefficient (Wildman–Crippen LogP) is 3.21. The lowest BCUT2D eigenvalue weighted by Gasteiger charge is -2.32. The summed E-state index contributed by atoms with van der Waals surface area (Å²) in [6.07, 6.45) is 1.74. The highest BCUT2D eigenvalue weighted by molar-refractivity contribution is 5.78. The first-order valence-corrected chi connectivity index (χ1v) is 7.29. The summed E-state index contributed by atoms with van der Waals surface area (Å²) in [4.78, 5) is 2.38. The third-order valence-corrected chi connectivity index (χ3v) is 4.31. The van der Waals surface area contributed by atoms with Crippen molar-refractivity contribution in [2.45, 2.75) is 12.5 Å². The summed E-state index contributed by atoms with van der Waals surface area (Å²) in [5.74, 6) is 0.409. The zero-order valence-corrected chi connectivity index (χ0v) is 12.0. The molecule has 3 heteroatoms. The zero-order chi connectivity index (χ0) is 14.2. The van der Waals surface area contributed by atoms with Crippen LogP contribution in [0.5, 0.6) is 0 Å². The number of hydrogen-bond acceptors (Lipinski definition) is 3. The summed E-state index contributed by atoms with van der Waals surface area (Å²) in [5, 5.41) is 9.39. The molecular weight excluding hydrogens is 258 g/mol. The van der Waals surface area contributed by atoms with Crippen molar-refractivity contribution in [3.63, 3.8) is 0 Å². The number of fused-ring (bicyclic) bond motifs is 2. The Hall–Kier alpha value is -2.26. The molecule has 0 spiro atoms. The molecule has 0 amide bonds. The van der Waals surface area contributed by atoms with E-state index in [4.69, 9.17) is 0 Å². The number of likely N-dealkylation sites (N-methyl/N-ethyl adjacent to an activating group) is 1. The van der Waals surface area contributed by atoms with Crippen LogP contribution in [0.15, 0.2) is 54.7 Å². The molecule has 3 aromatic rings. The molecule has 1 aromatic heterocycles. The molecule has 0 unspecified atom stereocenters. The van der Waals surface area contributed by atoms with E-state index >= 15 is 0 Å². The van der Waals surface area contributed by atoms with Gasteiger partial charge in [0.05, 0.1) is 11.7 Å². The van der Waals surface area contributed by atoms with Crippen LogP contribution in [0.2, 0.25) is 0 Å². The van der Waals surface area contributed by atoms with Gasteiger partial charge < -0.3 is 4.90 Å². The minimum absolute atomic E-state index is 0.409. The lowest BCUT2D eigenvalue weighted by molar-refractivity contribution is 0.295. The van der Waals surface area contributed by atoms with Gasteiger partial charge in [-0.1, -0.05) is 36.4 Å². The Labute approximate surface area is 124 Å². The predicted molar refractivity (Wildman–Crippen MR) is 84.2 cm³/mol. The van der Waals surface area contributed by atoms with Crippen LogP contribution >= 0.6 is 0 Å². The van der Waals surface area contributed by atoms with Gasteiger partial charge in [0, 0.05) is 24.4 Å². The van der Waals surface area contributed by atoms with Crippen LogP contribution in [0.25, 0.3) is 10.9 Å². The minimum atomic E-state index is 0.409. The van der Waals surface area contributed by atoms with Gasteiger partial charge in [0.2, 0.25) is 0 Å². The van der Waals surface area contributed by atoms with E-state index in [1.807, 2.05) is 6.07 Å². The summed E-state index contributed by atoms with van der Waals surface area (Å²) >= 11 is 0. The quantitative estimate of drug-likeness (QED) is 0.683. The van der Waals surface area contributed by atoms with E-state index in [0.717, 1.165) is 24.0 Å². The highest BCUT2D eigenvalue weighted by Gasteiger charge is 2.24. The molecule has 1 aliphatic rings. The minimum Gasteiger partial charge on any atom is -0.301 e. The summed E-state index contributed by atoms with van der Waals surface area (Å²) in [6, 6.07) is 17.3. The van der Waals surface area contributed by atoms with Crippen molar-refractivity contribution in [2.24, 2.45) is 0 Å². The fourth-order valence-electron chi connectivity index (χ4n) is 3.28. The normalized spacial score (nSPS) is 18.6. The molecule has 0 radical (unpaired) electrons. The van der Waals surface area contributed by atoms with Gasteiger partial charge in [-0.05, 0) is 35.9 Å². The standard InChI is InChI=1S/C18H17N3/c1-21-11-15-4-2-3-5-16(15)17(12-21)14-7-6-13-8-9-19-20-18(13)10-14/h2-10,17H,11-12H2,1H3/t17-/m1/s1. The fraction of sp³-hybridized carbons (Fsp3) is 0.222. The lowest BCUT2D eigenvalue weighted by atomic mass is 9.84. The average Bonchev–Trinajstić information content (AvgIpc) is 2.53. The van der Waals surface area contributed by atoms with Gasteiger partial charge in [0.15, 0.2) is 0 Å². The first kappa shape index (κ1) is 12.5. The Morgan fingerprint density at radius 2 is 2.00 bits per heavy atom. The van der Waals surface area contributed by atoms with E-state index in [0.29, 0.717) is 5.92 Å². The number of benzene rings is 2. The smallest absolute Gasteiger partial charge is 0.0932 e. The highest BCUT2D eigenvalue weighted by Crippen LogP contribution is 2.33. The average molecular weight is 275 g/mol. The second-order valence-corrected chi connectivity index (χ2v) is 5.80. The second-order valence-electron chi connectivity index (χ2n) is 5.80. The Morgan fingerprint density at radius 1 is 1.10 bits per heavy atom. The van der Waals surface area contributed by atoms with Crippen molar-refractivity contribution in [2.75, 3.05) is 13.6 Å². The van der Waals surface area contributed by atoms with Crippen molar-refractivity contribution < 1.29 is 0 Å². The highest BCUT2D eigenvalue weighted by atomic mass is 15.1. The molecule has 4 rings (SSSR count). The van der Waals surface area contributed by atoms with Gasteiger partial charge in [-0.25, -0.2) is 0 Å². The van der Waals surface area contributed by atoms with Gasteiger partial charge in [0.25, 0.3) is 0 Å². The van der Waals surface area contributed by atoms with Crippen LogP contribution in [-0.4, -0.2) is 28.7 Å². The third-order valence-electron chi connectivity index (χ3n) is 4.31. The van der Waals surface area contributed by atoms with Crippen LogP contribution in [0.4, 0.5) is 0 Å². The lowest BCUT2D eigenvalue weighted by Crippen LogP contribution is -2.30. The maximum Gasteiger partial charge on any atom is 0.0932 e. The summed E-state index contributed by atoms with van der Waals surface area (Å²) in [7, 11) is 2.18. The van der Waals surface area contributed by atoms with Crippen LogP contribution < -0.4 is 0 Å². The number of nitrogens with zero attached hydrogens (tertiary/aromatic N) is 3. The molecule has 1 aliphatic heterocycles. The summed E-state index contributed by atoms with van der Waals surface area (Å²) in [6.45, 7) is 2.07. The van der Waals surface area contributed by atoms with Crippen LogP contribution in [0.1, 0.15) is 22.6 Å². The Bertz CT molecular complexity index is 797. The molecule has 0 fully saturated rings. The molecule has 0 bridgehead atoms. The second kappa shape index (κ2) is 4.93. The monoisotopic (exact) mass is 275 g/mol. The van der Waals surface area contributed by atoms with E-state index in [9.17, 15) is 0 Å². The molecule has 0 aliphatic carbocycles. The zero-order valence-electron chi connectivity index (χ0n) is 12.0. The Kier molecular flexibility index (Phi) is 2.93. The number of aromatic nitrogens is 2. The van der Waals surface area contributed by atoms with Crippen molar-refractivity contribution in [1.29, 1.82) is 0 Å². The maximum atomic E-state index is 4.25. The SMILES string of the molecule is CN1Cc2ccccc2[C@@H](c2ccc3ccnnc3c2)C1. The van der Waals surface area contributed by atoms with E-state index in [2.05, 4.69) is 64.6 Å². The fourth-order valence-corrected chi connectivity index (χ4v) is 3.28. The van der Waals surface area contributed by atoms with Gasteiger partial charge >= 0.3 is 0 Å². The first-order valence-electron chi connectivity index (χ1n) is 7.29. The van der Waals surface area contributed by atoms with E-state index < -0.39 is 0 Å². The van der Waals surface area contributed by atoms with Crippen LogP contribution in [-0.2, 0) is 6.54 Å². The molecule has 0 N–H and O–H groups in total. The van der Waals surface area contributed by atoms with Gasteiger partial charge in [0.1, 0.15) is 0 Å². The largest absolute Gasteiger partial charge is 0.301 e. The van der Waals surface area contributed by atoms with Crippen LogP contribution in [0.3, 0.4) is 0 Å². The van der Waals surface area contributed by atoms with Gasteiger partial charge in [-0.2, -0.15) is 10.2 Å². The molecule has 1 atom stereocenters. The Balaban J connectivity index is 1.84. The Morgan fingerprint density at radius 3 is 2.95 bits per heavy atom. The van der Waals surface area contributed by atoms with Crippen molar-refractivity contribution in [1.82, 2.24) is 15.1 Å². The topological polar surface area (TPSA) is 29.0 Å². The molecule has 0 saturated carbocycles. The van der Waals surface area contributed by atoms with Gasteiger partial charge in [-0.3, -0.25) is 0 Å². The van der Waals surface area contributed by atoms with E-state index in [-0.39, 0.29) is 0 Å². The van der Waals surface area contributed by atoms with E-state index in [1.165, 1.54) is 16.7 Å². The van der Waals surface area contributed by atoms with Crippen molar-refractivity contribution in [3.05, 3.63) is 71.4 Å². The molecule has 3 nitrogen and oxygen atoms in total. The number of rotatable bonds is 1. The molecule has 2 heterocycles. The summed E-state index contributed by atoms with van der Waals surface area (Å²) in [5.41, 5.74) is 5.16. The molecule has 104 valence electrons. The van der Waals surface area contributed by atoms with Gasteiger partial charge in [-0.15, -0.1) is 0 Å². The molecule has 21 heavy (non-hydrogen) atoms. The number of hydrogen-bond donors (Lipinski definition) is 0. The third kappa shape index (κ3) is 2.20. The maximum absolute atomic E-state index is 4.25. The molecule has 0 saturated heterocycles. The molecule has 2 aromatic carbocycles. The van der Waals surface area contributed by atoms with Crippen molar-refractivity contribution >= 4 is 10.9 Å². The summed E-state index contributed by atoms with van der Waals surface area (Å²) < 4.78 is 0. The first-order chi connectivity index (χ1) is 10.3. The van der Waals surface area contributed by atoms with Crippen molar-refractivity contribution in [3.8, 4) is 0 Å². The van der Waals surface area contributed by atoms with E-state index in [1.54, 1.807) is 6.20 Å².